The lowest BCUT2D eigenvalue weighted by atomic mass is 10.0. The SMILES string of the molecule is CCCCCCCCCc1cccc(OC)c1O. The molecule has 0 radical (unpaired) electrons. The van der Waals surface area contributed by atoms with Gasteiger partial charge in [-0.1, -0.05) is 57.6 Å². The van der Waals surface area contributed by atoms with Crippen molar-refractivity contribution in [2.75, 3.05) is 7.11 Å². The fraction of sp³-hybridized carbons (Fsp3) is 0.625. The standard InChI is InChI=1S/C16H26O2/c1-3-4-5-6-7-8-9-11-14-12-10-13-15(18-2)16(14)17/h10,12-13,17H,3-9,11H2,1-2H3. The molecule has 0 aromatic heterocycles. The van der Waals surface area contributed by atoms with Gasteiger partial charge in [-0.05, 0) is 24.5 Å². The zero-order valence-corrected chi connectivity index (χ0v) is 11.7. The Labute approximate surface area is 111 Å². The lowest BCUT2D eigenvalue weighted by molar-refractivity contribution is 0.370. The van der Waals surface area contributed by atoms with Crippen LogP contribution in [0.2, 0.25) is 0 Å². The number of phenols is 1. The fourth-order valence-corrected chi connectivity index (χ4v) is 2.21. The zero-order chi connectivity index (χ0) is 13.2. The Morgan fingerprint density at radius 2 is 1.67 bits per heavy atom. The van der Waals surface area contributed by atoms with E-state index >= 15 is 0 Å². The summed E-state index contributed by atoms with van der Waals surface area (Å²) in [6.07, 6.45) is 10.0. The molecular weight excluding hydrogens is 224 g/mol. The minimum absolute atomic E-state index is 0.311. The van der Waals surface area contributed by atoms with E-state index in [2.05, 4.69) is 6.92 Å². The fourth-order valence-electron chi connectivity index (χ4n) is 2.21. The number of phenolic OH excluding ortho intramolecular Hbond substituents is 1. The highest BCUT2D eigenvalue weighted by molar-refractivity contribution is 5.45. The van der Waals surface area contributed by atoms with Gasteiger partial charge in [-0.2, -0.15) is 0 Å². The van der Waals surface area contributed by atoms with Gasteiger partial charge in [-0.25, -0.2) is 0 Å². The molecule has 0 aliphatic carbocycles. The van der Waals surface area contributed by atoms with Gasteiger partial charge < -0.3 is 9.84 Å². The molecule has 0 unspecified atom stereocenters. The topological polar surface area (TPSA) is 29.5 Å². The van der Waals surface area contributed by atoms with Crippen LogP contribution in [0.4, 0.5) is 0 Å². The van der Waals surface area contributed by atoms with Crippen molar-refractivity contribution in [2.24, 2.45) is 0 Å². The van der Waals surface area contributed by atoms with Crippen molar-refractivity contribution in [3.05, 3.63) is 23.8 Å². The summed E-state index contributed by atoms with van der Waals surface area (Å²) in [6, 6.07) is 5.72. The van der Waals surface area contributed by atoms with Gasteiger partial charge >= 0.3 is 0 Å². The van der Waals surface area contributed by atoms with E-state index < -0.39 is 0 Å². The number of hydrogen-bond acceptors (Lipinski definition) is 2. The molecule has 0 fully saturated rings. The van der Waals surface area contributed by atoms with E-state index in [0.29, 0.717) is 11.5 Å². The van der Waals surface area contributed by atoms with Crippen LogP contribution >= 0.6 is 0 Å². The molecule has 0 heterocycles. The second-order valence-corrected chi connectivity index (χ2v) is 4.84. The second kappa shape index (κ2) is 8.84. The minimum atomic E-state index is 0.311. The highest BCUT2D eigenvalue weighted by atomic mass is 16.5. The van der Waals surface area contributed by atoms with Crippen LogP contribution in [0.25, 0.3) is 0 Å². The second-order valence-electron chi connectivity index (χ2n) is 4.84. The first-order valence-electron chi connectivity index (χ1n) is 7.14. The summed E-state index contributed by atoms with van der Waals surface area (Å²) < 4.78 is 5.11. The number of unbranched alkanes of at least 4 members (excludes halogenated alkanes) is 6. The largest absolute Gasteiger partial charge is 0.504 e. The predicted octanol–water partition coefficient (Wildman–Crippen LogP) is 4.69. The lowest BCUT2D eigenvalue weighted by Crippen LogP contribution is -1.90. The summed E-state index contributed by atoms with van der Waals surface area (Å²) in [5, 5.41) is 9.94. The van der Waals surface area contributed by atoms with E-state index in [1.54, 1.807) is 13.2 Å². The zero-order valence-electron chi connectivity index (χ0n) is 11.7. The third kappa shape index (κ3) is 4.99. The average Bonchev–Trinajstić information content (AvgIpc) is 2.39. The Kier molecular flexibility index (Phi) is 7.31. The van der Waals surface area contributed by atoms with Gasteiger partial charge in [0.05, 0.1) is 7.11 Å². The van der Waals surface area contributed by atoms with Crippen LogP contribution in [0.5, 0.6) is 11.5 Å². The first-order chi connectivity index (χ1) is 8.79. The number of methoxy groups -OCH3 is 1. The molecule has 18 heavy (non-hydrogen) atoms. The van der Waals surface area contributed by atoms with E-state index in [9.17, 15) is 5.11 Å². The van der Waals surface area contributed by atoms with Crippen molar-refractivity contribution >= 4 is 0 Å². The molecule has 102 valence electrons. The summed E-state index contributed by atoms with van der Waals surface area (Å²) >= 11 is 0. The van der Waals surface area contributed by atoms with Gasteiger partial charge in [-0.3, -0.25) is 0 Å². The molecular formula is C16H26O2. The molecule has 2 heteroatoms. The summed E-state index contributed by atoms with van der Waals surface area (Å²) in [7, 11) is 1.59. The molecule has 1 N–H and O–H groups in total. The molecule has 0 bridgehead atoms. The highest BCUT2D eigenvalue weighted by Crippen LogP contribution is 2.30. The van der Waals surface area contributed by atoms with Gasteiger partial charge in [0.15, 0.2) is 11.5 Å². The third-order valence-corrected chi connectivity index (χ3v) is 3.35. The van der Waals surface area contributed by atoms with Crippen LogP contribution in [0.15, 0.2) is 18.2 Å². The van der Waals surface area contributed by atoms with Gasteiger partial charge in [0.25, 0.3) is 0 Å². The molecule has 0 saturated carbocycles. The van der Waals surface area contributed by atoms with Crippen molar-refractivity contribution in [2.45, 2.75) is 58.3 Å². The van der Waals surface area contributed by atoms with Crippen LogP contribution in [0.3, 0.4) is 0 Å². The number of hydrogen-bond donors (Lipinski definition) is 1. The molecule has 0 saturated heterocycles. The maximum atomic E-state index is 9.94. The number of aromatic hydroxyl groups is 1. The van der Waals surface area contributed by atoms with Gasteiger partial charge in [0, 0.05) is 0 Å². The predicted molar refractivity (Wildman–Crippen MR) is 76.4 cm³/mol. The quantitative estimate of drug-likeness (QED) is 0.644. The molecule has 0 aliphatic heterocycles. The molecule has 1 aromatic rings. The molecule has 0 spiro atoms. The molecule has 0 amide bonds. The van der Waals surface area contributed by atoms with Crippen molar-refractivity contribution in [1.82, 2.24) is 0 Å². The highest BCUT2D eigenvalue weighted by Gasteiger charge is 2.06. The molecule has 0 atom stereocenters. The summed E-state index contributed by atoms with van der Waals surface area (Å²) in [5.74, 6) is 0.890. The Hall–Kier alpha value is -1.18. The molecule has 1 rings (SSSR count). The summed E-state index contributed by atoms with van der Waals surface area (Å²) in [4.78, 5) is 0. The average molecular weight is 250 g/mol. The van der Waals surface area contributed by atoms with Crippen LogP contribution < -0.4 is 4.74 Å². The summed E-state index contributed by atoms with van der Waals surface area (Å²) in [5.41, 5.74) is 1.00. The first-order valence-corrected chi connectivity index (χ1v) is 7.14. The van der Waals surface area contributed by atoms with E-state index in [1.807, 2.05) is 12.1 Å². The Morgan fingerprint density at radius 1 is 1.00 bits per heavy atom. The number of para-hydroxylation sites is 1. The summed E-state index contributed by atoms with van der Waals surface area (Å²) in [6.45, 7) is 2.24. The number of benzene rings is 1. The van der Waals surface area contributed by atoms with E-state index in [4.69, 9.17) is 4.74 Å². The van der Waals surface area contributed by atoms with E-state index in [0.717, 1.165) is 18.4 Å². The van der Waals surface area contributed by atoms with Crippen molar-refractivity contribution in [1.29, 1.82) is 0 Å². The maximum absolute atomic E-state index is 9.94. The Balaban J connectivity index is 2.23. The smallest absolute Gasteiger partial charge is 0.160 e. The van der Waals surface area contributed by atoms with Gasteiger partial charge in [-0.15, -0.1) is 0 Å². The normalized spacial score (nSPS) is 10.6. The van der Waals surface area contributed by atoms with E-state index in [1.165, 1.54) is 38.5 Å². The Bertz CT molecular complexity index is 334. The molecule has 1 aromatic carbocycles. The van der Waals surface area contributed by atoms with Crippen LogP contribution in [0.1, 0.15) is 57.4 Å². The van der Waals surface area contributed by atoms with Crippen molar-refractivity contribution < 1.29 is 9.84 Å². The van der Waals surface area contributed by atoms with Gasteiger partial charge in [0.2, 0.25) is 0 Å². The number of aryl methyl sites for hydroxylation is 1. The lowest BCUT2D eigenvalue weighted by Gasteiger charge is -2.08. The first kappa shape index (κ1) is 14.9. The molecule has 0 aliphatic rings. The monoisotopic (exact) mass is 250 g/mol. The van der Waals surface area contributed by atoms with Crippen molar-refractivity contribution in [3.8, 4) is 11.5 Å². The van der Waals surface area contributed by atoms with Crippen LogP contribution in [0, 0.1) is 0 Å². The number of ether oxygens (including phenoxy) is 1. The third-order valence-electron chi connectivity index (χ3n) is 3.35. The van der Waals surface area contributed by atoms with E-state index in [-0.39, 0.29) is 0 Å². The molecule has 2 nitrogen and oxygen atoms in total. The minimum Gasteiger partial charge on any atom is -0.504 e. The Morgan fingerprint density at radius 3 is 2.33 bits per heavy atom. The van der Waals surface area contributed by atoms with Crippen molar-refractivity contribution in [3.63, 3.8) is 0 Å². The maximum Gasteiger partial charge on any atom is 0.160 e. The van der Waals surface area contributed by atoms with Crippen LogP contribution in [-0.2, 0) is 6.42 Å². The number of rotatable bonds is 9. The van der Waals surface area contributed by atoms with Crippen LogP contribution in [-0.4, -0.2) is 12.2 Å². The van der Waals surface area contributed by atoms with Gasteiger partial charge in [0.1, 0.15) is 0 Å².